The van der Waals surface area contributed by atoms with Crippen LogP contribution in [0.3, 0.4) is 0 Å². The van der Waals surface area contributed by atoms with E-state index < -0.39 is 6.10 Å². The normalized spacial score (nSPS) is 11.6. The third kappa shape index (κ3) is 5.66. The van der Waals surface area contributed by atoms with Crippen LogP contribution in [0.15, 0.2) is 48.5 Å². The highest BCUT2D eigenvalue weighted by atomic mass is 16.5. The lowest BCUT2D eigenvalue weighted by molar-refractivity contribution is -0.127. The molecule has 2 aromatic carbocycles. The van der Waals surface area contributed by atoms with Crippen molar-refractivity contribution in [3.63, 3.8) is 0 Å². The molecule has 0 aromatic heterocycles. The first-order valence-corrected chi connectivity index (χ1v) is 7.75. The van der Waals surface area contributed by atoms with Crippen LogP contribution in [0.25, 0.3) is 0 Å². The van der Waals surface area contributed by atoms with E-state index in [4.69, 9.17) is 9.47 Å². The van der Waals surface area contributed by atoms with Crippen molar-refractivity contribution in [2.45, 2.75) is 26.9 Å². The number of rotatable bonds is 7. The van der Waals surface area contributed by atoms with E-state index in [1.807, 2.05) is 62.4 Å². The smallest absolute Gasteiger partial charge is 0.260 e. The summed E-state index contributed by atoms with van der Waals surface area (Å²) in [6, 6.07) is 15.5. The minimum Gasteiger partial charge on any atom is -0.492 e. The van der Waals surface area contributed by atoms with E-state index in [9.17, 15) is 4.79 Å². The summed E-state index contributed by atoms with van der Waals surface area (Å²) in [5, 5.41) is 2.81. The molecule has 0 aliphatic carbocycles. The first-order valence-electron chi connectivity index (χ1n) is 7.75. The molecule has 1 atom stereocenters. The number of hydrogen-bond donors (Lipinski definition) is 1. The molecule has 1 N–H and O–H groups in total. The molecule has 4 heteroatoms. The Morgan fingerprint density at radius 3 is 2.48 bits per heavy atom. The van der Waals surface area contributed by atoms with Crippen LogP contribution >= 0.6 is 0 Å². The highest BCUT2D eigenvalue weighted by molar-refractivity contribution is 5.80. The van der Waals surface area contributed by atoms with Crippen LogP contribution in [-0.2, 0) is 4.79 Å². The van der Waals surface area contributed by atoms with Gasteiger partial charge in [-0.3, -0.25) is 4.79 Å². The van der Waals surface area contributed by atoms with Crippen molar-refractivity contribution in [2.75, 3.05) is 13.2 Å². The van der Waals surface area contributed by atoms with Gasteiger partial charge in [0, 0.05) is 0 Å². The Kier molecular flexibility index (Phi) is 6.03. The zero-order chi connectivity index (χ0) is 16.7. The second kappa shape index (κ2) is 8.22. The number of benzene rings is 2. The van der Waals surface area contributed by atoms with Gasteiger partial charge in [-0.05, 0) is 50.6 Å². The summed E-state index contributed by atoms with van der Waals surface area (Å²) in [5.41, 5.74) is 2.29. The SMILES string of the molecule is Cc1ccc(OCCNC(=O)[C@@H](C)Oc2cccc(C)c2)cc1. The van der Waals surface area contributed by atoms with Crippen LogP contribution in [0.4, 0.5) is 0 Å². The van der Waals surface area contributed by atoms with Gasteiger partial charge in [0.05, 0.1) is 6.54 Å². The molecule has 0 bridgehead atoms. The topological polar surface area (TPSA) is 47.6 Å². The average Bonchev–Trinajstić information content (AvgIpc) is 2.53. The number of amides is 1. The zero-order valence-corrected chi connectivity index (χ0v) is 13.8. The van der Waals surface area contributed by atoms with Gasteiger partial charge in [0.25, 0.3) is 5.91 Å². The molecule has 0 aliphatic rings. The molecule has 122 valence electrons. The van der Waals surface area contributed by atoms with E-state index in [2.05, 4.69) is 5.32 Å². The molecule has 0 spiro atoms. The van der Waals surface area contributed by atoms with Gasteiger partial charge in [0.1, 0.15) is 18.1 Å². The van der Waals surface area contributed by atoms with Crippen LogP contribution in [0, 0.1) is 13.8 Å². The third-order valence-corrected chi connectivity index (χ3v) is 3.36. The second-order valence-corrected chi connectivity index (χ2v) is 5.53. The fourth-order valence-electron chi connectivity index (χ4n) is 2.07. The van der Waals surface area contributed by atoms with Gasteiger partial charge in [-0.15, -0.1) is 0 Å². The van der Waals surface area contributed by atoms with Crippen LogP contribution in [-0.4, -0.2) is 25.2 Å². The van der Waals surface area contributed by atoms with Gasteiger partial charge in [0.15, 0.2) is 6.10 Å². The van der Waals surface area contributed by atoms with Crippen LogP contribution in [0.2, 0.25) is 0 Å². The summed E-state index contributed by atoms with van der Waals surface area (Å²) in [6.07, 6.45) is -0.545. The zero-order valence-electron chi connectivity index (χ0n) is 13.8. The van der Waals surface area contributed by atoms with Crippen molar-refractivity contribution in [3.05, 3.63) is 59.7 Å². The Bertz CT molecular complexity index is 637. The van der Waals surface area contributed by atoms with Gasteiger partial charge in [-0.25, -0.2) is 0 Å². The van der Waals surface area contributed by atoms with E-state index in [0.717, 1.165) is 11.3 Å². The molecule has 23 heavy (non-hydrogen) atoms. The Morgan fingerprint density at radius 1 is 1.04 bits per heavy atom. The van der Waals surface area contributed by atoms with Crippen molar-refractivity contribution >= 4 is 5.91 Å². The number of ether oxygens (including phenoxy) is 2. The van der Waals surface area contributed by atoms with Crippen molar-refractivity contribution in [2.24, 2.45) is 0 Å². The maximum absolute atomic E-state index is 12.0. The van der Waals surface area contributed by atoms with E-state index in [0.29, 0.717) is 18.9 Å². The number of nitrogens with one attached hydrogen (secondary N) is 1. The highest BCUT2D eigenvalue weighted by Crippen LogP contribution is 2.14. The lowest BCUT2D eigenvalue weighted by atomic mass is 10.2. The molecule has 0 fully saturated rings. The van der Waals surface area contributed by atoms with Gasteiger partial charge in [-0.1, -0.05) is 29.8 Å². The quantitative estimate of drug-likeness (QED) is 0.798. The first-order chi connectivity index (χ1) is 11.0. The van der Waals surface area contributed by atoms with Gasteiger partial charge in [-0.2, -0.15) is 0 Å². The monoisotopic (exact) mass is 313 g/mol. The number of carbonyl (C=O) groups excluding carboxylic acids is 1. The largest absolute Gasteiger partial charge is 0.492 e. The Morgan fingerprint density at radius 2 is 1.78 bits per heavy atom. The van der Waals surface area contributed by atoms with Crippen LogP contribution in [0.1, 0.15) is 18.1 Å². The predicted molar refractivity (Wildman–Crippen MR) is 91.0 cm³/mol. The van der Waals surface area contributed by atoms with E-state index in [1.165, 1.54) is 5.56 Å². The molecule has 0 unspecified atom stereocenters. The number of hydrogen-bond acceptors (Lipinski definition) is 3. The fourth-order valence-corrected chi connectivity index (χ4v) is 2.07. The Labute approximate surface area is 137 Å². The molecule has 4 nitrogen and oxygen atoms in total. The van der Waals surface area contributed by atoms with Crippen molar-refractivity contribution in [1.82, 2.24) is 5.32 Å². The summed E-state index contributed by atoms with van der Waals surface area (Å²) >= 11 is 0. The summed E-state index contributed by atoms with van der Waals surface area (Å²) in [5.74, 6) is 1.34. The summed E-state index contributed by atoms with van der Waals surface area (Å²) < 4.78 is 11.2. The van der Waals surface area contributed by atoms with Crippen molar-refractivity contribution < 1.29 is 14.3 Å². The lowest BCUT2D eigenvalue weighted by Gasteiger charge is -2.15. The molecule has 0 radical (unpaired) electrons. The number of aryl methyl sites for hydroxylation is 2. The van der Waals surface area contributed by atoms with Crippen molar-refractivity contribution in [1.29, 1.82) is 0 Å². The third-order valence-electron chi connectivity index (χ3n) is 3.36. The molecule has 0 aliphatic heterocycles. The van der Waals surface area contributed by atoms with E-state index >= 15 is 0 Å². The van der Waals surface area contributed by atoms with Crippen LogP contribution < -0.4 is 14.8 Å². The molecule has 2 rings (SSSR count). The molecule has 1 amide bonds. The maximum atomic E-state index is 12.0. The first kappa shape index (κ1) is 16.9. The van der Waals surface area contributed by atoms with Gasteiger partial charge >= 0.3 is 0 Å². The van der Waals surface area contributed by atoms with Gasteiger partial charge < -0.3 is 14.8 Å². The molecular formula is C19H23NO3. The summed E-state index contributed by atoms with van der Waals surface area (Å²) in [4.78, 5) is 12.0. The molecule has 0 saturated heterocycles. The fraction of sp³-hybridized carbons (Fsp3) is 0.316. The molecule has 0 saturated carbocycles. The predicted octanol–water partition coefficient (Wildman–Crippen LogP) is 3.27. The molecule has 2 aromatic rings. The highest BCUT2D eigenvalue weighted by Gasteiger charge is 2.13. The van der Waals surface area contributed by atoms with Crippen LogP contribution in [0.5, 0.6) is 11.5 Å². The van der Waals surface area contributed by atoms with E-state index in [1.54, 1.807) is 6.92 Å². The summed E-state index contributed by atoms with van der Waals surface area (Å²) in [6.45, 7) is 6.61. The minimum absolute atomic E-state index is 0.154. The van der Waals surface area contributed by atoms with Crippen molar-refractivity contribution in [3.8, 4) is 11.5 Å². The Balaban J connectivity index is 1.70. The van der Waals surface area contributed by atoms with Gasteiger partial charge in [0.2, 0.25) is 0 Å². The Hall–Kier alpha value is -2.49. The maximum Gasteiger partial charge on any atom is 0.260 e. The second-order valence-electron chi connectivity index (χ2n) is 5.53. The minimum atomic E-state index is -0.545. The molecule has 0 heterocycles. The van der Waals surface area contributed by atoms with E-state index in [-0.39, 0.29) is 5.91 Å². The standard InChI is InChI=1S/C19H23NO3/c1-14-7-9-17(10-8-14)22-12-11-20-19(21)16(3)23-18-6-4-5-15(2)13-18/h4-10,13,16H,11-12H2,1-3H3,(H,20,21)/t16-/m1/s1. The average molecular weight is 313 g/mol. The lowest BCUT2D eigenvalue weighted by Crippen LogP contribution is -2.38. The summed E-state index contributed by atoms with van der Waals surface area (Å²) in [7, 11) is 0. The number of carbonyl (C=O) groups is 1. The molecular weight excluding hydrogens is 290 g/mol.